The van der Waals surface area contributed by atoms with E-state index in [2.05, 4.69) is 0 Å². The summed E-state index contributed by atoms with van der Waals surface area (Å²) >= 11 is 0. The number of rotatable bonds is 7. The number of carboxylic acid groups (broad SMARTS) is 1. The Bertz CT molecular complexity index is 923. The number of aliphatic carboxylic acids is 1. The summed E-state index contributed by atoms with van der Waals surface area (Å²) in [5.41, 5.74) is 0.982. The van der Waals surface area contributed by atoms with Crippen LogP contribution in [0.1, 0.15) is 5.56 Å². The van der Waals surface area contributed by atoms with E-state index < -0.39 is 19.3 Å². The molecule has 1 N–H and O–H groups in total. The Labute approximate surface area is 152 Å². The molecule has 0 heterocycles. The van der Waals surface area contributed by atoms with Gasteiger partial charge in [0.1, 0.15) is 18.5 Å². The van der Waals surface area contributed by atoms with Gasteiger partial charge in [-0.15, -0.1) is 0 Å². The number of hydrogen-bond donors (Lipinski definition) is 1. The summed E-state index contributed by atoms with van der Waals surface area (Å²) in [7, 11) is -3.36. The standard InChI is InChI=1S/C21H19O4P/c22-21(23)16-26(24,18-11-5-2-6-12-18)20-14-8-7-13-19(20)25-15-17-9-3-1-4-10-17/h1-14H,15-16H2,(H,22,23)/t26-/m0/s1. The Balaban J connectivity index is 2.00. The first-order valence-electron chi connectivity index (χ1n) is 8.22. The van der Waals surface area contributed by atoms with Crippen LogP contribution in [0.15, 0.2) is 84.9 Å². The van der Waals surface area contributed by atoms with Gasteiger partial charge in [0.25, 0.3) is 0 Å². The van der Waals surface area contributed by atoms with E-state index in [9.17, 15) is 14.5 Å². The van der Waals surface area contributed by atoms with Crippen molar-refractivity contribution in [2.75, 3.05) is 6.16 Å². The second-order valence-electron chi connectivity index (χ2n) is 5.87. The van der Waals surface area contributed by atoms with Crippen molar-refractivity contribution in [1.29, 1.82) is 0 Å². The Morgan fingerprint density at radius 1 is 0.846 bits per heavy atom. The van der Waals surface area contributed by atoms with Crippen molar-refractivity contribution in [1.82, 2.24) is 0 Å². The average molecular weight is 366 g/mol. The van der Waals surface area contributed by atoms with Crippen LogP contribution in [-0.4, -0.2) is 17.2 Å². The lowest BCUT2D eigenvalue weighted by Crippen LogP contribution is -2.23. The zero-order valence-electron chi connectivity index (χ0n) is 14.1. The number of benzene rings is 3. The lowest BCUT2D eigenvalue weighted by Gasteiger charge is -2.20. The summed E-state index contributed by atoms with van der Waals surface area (Å²) in [6, 6.07) is 25.4. The van der Waals surface area contributed by atoms with Crippen LogP contribution in [0, 0.1) is 0 Å². The molecule has 132 valence electrons. The topological polar surface area (TPSA) is 63.6 Å². The van der Waals surface area contributed by atoms with E-state index in [0.29, 0.717) is 23.0 Å². The van der Waals surface area contributed by atoms with E-state index in [0.717, 1.165) is 5.56 Å². The minimum Gasteiger partial charge on any atom is -0.488 e. The molecular formula is C21H19O4P. The van der Waals surface area contributed by atoms with Crippen molar-refractivity contribution >= 4 is 23.7 Å². The van der Waals surface area contributed by atoms with Crippen LogP contribution in [0.5, 0.6) is 5.75 Å². The normalized spacial score (nSPS) is 12.9. The molecule has 0 aliphatic heterocycles. The molecular weight excluding hydrogens is 347 g/mol. The minimum atomic E-state index is -3.36. The first-order valence-corrected chi connectivity index (χ1v) is 10.1. The molecule has 3 rings (SSSR count). The molecule has 0 spiro atoms. The molecule has 3 aromatic rings. The number of carboxylic acids is 1. The molecule has 0 saturated carbocycles. The summed E-state index contributed by atoms with van der Waals surface area (Å²) in [6.07, 6.45) is -0.456. The SMILES string of the molecule is O=C(O)C[P@](=O)(c1ccccc1)c1ccccc1OCc1ccccc1. The van der Waals surface area contributed by atoms with Gasteiger partial charge in [-0.05, 0) is 17.7 Å². The maximum atomic E-state index is 13.8. The van der Waals surface area contributed by atoms with Gasteiger partial charge in [0.05, 0.1) is 5.30 Å². The summed E-state index contributed by atoms with van der Waals surface area (Å²) in [4.78, 5) is 11.4. The summed E-state index contributed by atoms with van der Waals surface area (Å²) in [5, 5.41) is 10.3. The van der Waals surface area contributed by atoms with Gasteiger partial charge in [0.2, 0.25) is 0 Å². The third kappa shape index (κ3) is 4.04. The molecule has 0 bridgehead atoms. The molecule has 0 aromatic heterocycles. The van der Waals surface area contributed by atoms with Gasteiger partial charge in [0.15, 0.2) is 7.14 Å². The monoisotopic (exact) mass is 366 g/mol. The minimum absolute atomic E-state index is 0.319. The molecule has 0 saturated heterocycles. The van der Waals surface area contributed by atoms with Gasteiger partial charge in [0, 0.05) is 5.30 Å². The van der Waals surface area contributed by atoms with Crippen LogP contribution < -0.4 is 15.3 Å². The Kier molecular flexibility index (Phi) is 5.55. The van der Waals surface area contributed by atoms with Crippen LogP contribution in [-0.2, 0) is 16.0 Å². The molecule has 0 fully saturated rings. The second kappa shape index (κ2) is 8.03. The van der Waals surface area contributed by atoms with E-state index in [1.807, 2.05) is 36.4 Å². The number of para-hydroxylation sites is 1. The molecule has 0 radical (unpaired) electrons. The molecule has 0 aliphatic rings. The maximum absolute atomic E-state index is 13.8. The predicted octanol–water partition coefficient (Wildman–Crippen LogP) is 3.66. The predicted molar refractivity (Wildman–Crippen MR) is 103 cm³/mol. The average Bonchev–Trinajstić information content (AvgIpc) is 2.67. The highest BCUT2D eigenvalue weighted by atomic mass is 31.2. The van der Waals surface area contributed by atoms with Crippen LogP contribution >= 0.6 is 7.14 Å². The fourth-order valence-corrected chi connectivity index (χ4v) is 5.28. The molecule has 4 nitrogen and oxygen atoms in total. The zero-order valence-corrected chi connectivity index (χ0v) is 15.0. The third-order valence-electron chi connectivity index (χ3n) is 4.02. The molecule has 0 aliphatic carbocycles. The van der Waals surface area contributed by atoms with E-state index in [4.69, 9.17) is 4.74 Å². The fourth-order valence-electron chi connectivity index (χ4n) is 2.79. The molecule has 5 heteroatoms. The third-order valence-corrected chi connectivity index (χ3v) is 7.02. The highest BCUT2D eigenvalue weighted by Gasteiger charge is 2.33. The summed E-state index contributed by atoms with van der Waals surface area (Å²) < 4.78 is 19.7. The van der Waals surface area contributed by atoms with Gasteiger partial charge >= 0.3 is 5.97 Å². The van der Waals surface area contributed by atoms with Gasteiger partial charge in [-0.2, -0.15) is 0 Å². The van der Waals surface area contributed by atoms with Gasteiger partial charge < -0.3 is 14.4 Å². The van der Waals surface area contributed by atoms with Crippen molar-refractivity contribution in [2.24, 2.45) is 0 Å². The highest BCUT2D eigenvalue weighted by molar-refractivity contribution is 7.79. The largest absolute Gasteiger partial charge is 0.488 e. The maximum Gasteiger partial charge on any atom is 0.311 e. The number of hydrogen-bond acceptors (Lipinski definition) is 3. The first-order chi connectivity index (χ1) is 12.6. The lowest BCUT2D eigenvalue weighted by atomic mass is 10.2. The van der Waals surface area contributed by atoms with Crippen molar-refractivity contribution in [2.45, 2.75) is 6.61 Å². The van der Waals surface area contributed by atoms with Crippen LogP contribution in [0.4, 0.5) is 0 Å². The van der Waals surface area contributed by atoms with Crippen molar-refractivity contribution in [3.8, 4) is 5.75 Å². The number of ether oxygens (including phenoxy) is 1. The van der Waals surface area contributed by atoms with E-state index in [-0.39, 0.29) is 0 Å². The van der Waals surface area contributed by atoms with Gasteiger partial charge in [-0.1, -0.05) is 72.8 Å². The highest BCUT2D eigenvalue weighted by Crippen LogP contribution is 2.45. The number of carbonyl (C=O) groups is 1. The second-order valence-corrected chi connectivity index (χ2v) is 8.66. The smallest absolute Gasteiger partial charge is 0.311 e. The molecule has 0 amide bonds. The quantitative estimate of drug-likeness (QED) is 0.648. The summed E-state index contributed by atoms with van der Waals surface area (Å²) in [5.74, 6) is -0.653. The zero-order chi connectivity index (χ0) is 18.4. The van der Waals surface area contributed by atoms with Crippen LogP contribution in [0.2, 0.25) is 0 Å². The van der Waals surface area contributed by atoms with E-state index in [1.165, 1.54) is 0 Å². The van der Waals surface area contributed by atoms with Crippen molar-refractivity contribution < 1.29 is 19.2 Å². The van der Waals surface area contributed by atoms with Crippen LogP contribution in [0.3, 0.4) is 0 Å². The molecule has 3 aromatic carbocycles. The van der Waals surface area contributed by atoms with Crippen molar-refractivity contribution in [3.05, 3.63) is 90.5 Å². The first kappa shape index (κ1) is 18.0. The molecule has 1 atom stereocenters. The van der Waals surface area contributed by atoms with Gasteiger partial charge in [-0.25, -0.2) is 0 Å². The Hall–Kier alpha value is -2.84. The van der Waals surface area contributed by atoms with Crippen LogP contribution in [0.25, 0.3) is 0 Å². The van der Waals surface area contributed by atoms with E-state index >= 15 is 0 Å². The molecule has 0 unspecified atom stereocenters. The van der Waals surface area contributed by atoms with Gasteiger partial charge in [-0.3, -0.25) is 4.79 Å². The fraction of sp³-hybridized carbons (Fsp3) is 0.0952. The summed E-state index contributed by atoms with van der Waals surface area (Å²) in [6.45, 7) is 0.319. The van der Waals surface area contributed by atoms with E-state index in [1.54, 1.807) is 48.5 Å². The lowest BCUT2D eigenvalue weighted by molar-refractivity contribution is -0.134. The Morgan fingerprint density at radius 2 is 1.42 bits per heavy atom. The van der Waals surface area contributed by atoms with Crippen molar-refractivity contribution in [3.63, 3.8) is 0 Å². The Morgan fingerprint density at radius 3 is 2.08 bits per heavy atom. The molecule has 26 heavy (non-hydrogen) atoms.